The number of pyridine rings is 1. The van der Waals surface area contributed by atoms with Gasteiger partial charge >= 0.3 is 0 Å². The molecule has 0 unspecified atom stereocenters. The number of methoxy groups -OCH3 is 1. The van der Waals surface area contributed by atoms with E-state index >= 15 is 0 Å². The van der Waals surface area contributed by atoms with Crippen molar-refractivity contribution in [3.63, 3.8) is 0 Å². The number of aromatic nitrogens is 4. The van der Waals surface area contributed by atoms with Crippen molar-refractivity contribution in [1.29, 1.82) is 0 Å². The number of rotatable bonds is 2. The molecule has 3 heterocycles. The van der Waals surface area contributed by atoms with Gasteiger partial charge in [0.2, 0.25) is 5.88 Å². The summed E-state index contributed by atoms with van der Waals surface area (Å²) in [6.45, 7) is 1.89. The van der Waals surface area contributed by atoms with Gasteiger partial charge in [-0.25, -0.2) is 9.97 Å². The topological polar surface area (TPSA) is 78.3 Å². The van der Waals surface area contributed by atoms with Crippen LogP contribution in [0, 0.1) is 6.92 Å². The smallest absolute Gasteiger partial charge is 0.215 e. The van der Waals surface area contributed by atoms with E-state index < -0.39 is 0 Å². The van der Waals surface area contributed by atoms with Crippen molar-refractivity contribution in [2.45, 2.75) is 6.92 Å². The first-order valence-electron chi connectivity index (χ1n) is 7.34. The fourth-order valence-corrected chi connectivity index (χ4v) is 3.05. The van der Waals surface area contributed by atoms with Crippen molar-refractivity contribution in [2.75, 3.05) is 12.8 Å². The molecule has 0 fully saturated rings. The van der Waals surface area contributed by atoms with Gasteiger partial charge in [-0.15, -0.1) is 0 Å². The minimum absolute atomic E-state index is 0.401. The highest BCUT2D eigenvalue weighted by atomic mass is 35.5. The number of hydrogen-bond donors (Lipinski definition) is 1. The second-order valence-electron chi connectivity index (χ2n) is 5.38. The molecule has 0 saturated heterocycles. The maximum absolute atomic E-state index is 6.37. The number of hydrogen-bond acceptors (Lipinski definition) is 5. The van der Waals surface area contributed by atoms with Gasteiger partial charge < -0.3 is 10.5 Å². The molecule has 0 atom stereocenters. The van der Waals surface area contributed by atoms with Crippen molar-refractivity contribution in [2.24, 2.45) is 0 Å². The van der Waals surface area contributed by atoms with Crippen LogP contribution in [0.5, 0.6) is 5.88 Å². The van der Waals surface area contributed by atoms with Gasteiger partial charge in [-0.1, -0.05) is 23.7 Å². The molecule has 0 aliphatic rings. The molecule has 0 bridgehead atoms. The molecular weight excluding hydrogens is 326 g/mol. The van der Waals surface area contributed by atoms with E-state index in [0.717, 1.165) is 16.8 Å². The Hall–Kier alpha value is -2.86. The molecule has 120 valence electrons. The number of nitrogens with two attached hydrogens (primary N) is 1. The number of anilines is 1. The maximum atomic E-state index is 6.37. The minimum atomic E-state index is 0.401. The van der Waals surface area contributed by atoms with Crippen molar-refractivity contribution in [1.82, 2.24) is 19.4 Å². The molecule has 0 saturated carbocycles. The van der Waals surface area contributed by atoms with Gasteiger partial charge in [0.05, 0.1) is 17.8 Å². The minimum Gasteiger partial charge on any atom is -0.481 e. The van der Waals surface area contributed by atoms with Crippen molar-refractivity contribution in [3.05, 3.63) is 47.1 Å². The predicted molar refractivity (Wildman–Crippen MR) is 94.4 cm³/mol. The van der Waals surface area contributed by atoms with Gasteiger partial charge in [-0.2, -0.15) is 4.98 Å². The van der Waals surface area contributed by atoms with E-state index in [1.165, 1.54) is 0 Å². The van der Waals surface area contributed by atoms with E-state index in [0.29, 0.717) is 33.7 Å². The zero-order valence-corrected chi connectivity index (χ0v) is 13.9. The van der Waals surface area contributed by atoms with Crippen LogP contribution in [0.15, 0.2) is 36.4 Å². The summed E-state index contributed by atoms with van der Waals surface area (Å²) in [6, 6.07) is 11.1. The molecule has 3 aromatic heterocycles. The van der Waals surface area contributed by atoms with E-state index in [-0.39, 0.29) is 0 Å². The fourth-order valence-electron chi connectivity index (χ4n) is 2.83. The number of nitrogens with zero attached hydrogens (tertiary/aromatic N) is 4. The highest BCUT2D eigenvalue weighted by Gasteiger charge is 2.19. The molecule has 7 heteroatoms. The molecular formula is C17H14ClN5O. The Kier molecular flexibility index (Phi) is 3.28. The summed E-state index contributed by atoms with van der Waals surface area (Å²) in [7, 11) is 1.57. The molecule has 1 aromatic carbocycles. The van der Waals surface area contributed by atoms with E-state index in [4.69, 9.17) is 22.1 Å². The zero-order valence-electron chi connectivity index (χ0n) is 13.1. The monoisotopic (exact) mass is 339 g/mol. The molecule has 4 rings (SSSR count). The lowest BCUT2D eigenvalue weighted by molar-refractivity contribution is 0.399. The third-order valence-electron chi connectivity index (χ3n) is 3.90. The SMILES string of the molecule is COc1ccc2nc(N)c3c(C)nc(-c4ccccc4Cl)n3c2n1. The average molecular weight is 340 g/mol. The highest BCUT2D eigenvalue weighted by Crippen LogP contribution is 2.32. The van der Waals surface area contributed by atoms with Crippen LogP contribution >= 0.6 is 11.6 Å². The summed E-state index contributed by atoms with van der Waals surface area (Å²) in [4.78, 5) is 13.6. The number of benzene rings is 1. The van der Waals surface area contributed by atoms with Crippen molar-refractivity contribution >= 4 is 34.1 Å². The fraction of sp³-hybridized carbons (Fsp3) is 0.118. The van der Waals surface area contributed by atoms with Crippen LogP contribution in [0.3, 0.4) is 0 Å². The van der Waals surface area contributed by atoms with Gasteiger partial charge in [0, 0.05) is 11.6 Å². The Bertz CT molecular complexity index is 1090. The van der Waals surface area contributed by atoms with E-state index in [1.54, 1.807) is 13.2 Å². The predicted octanol–water partition coefficient (Wildman–Crippen LogP) is 3.50. The van der Waals surface area contributed by atoms with Crippen LogP contribution in [-0.4, -0.2) is 26.5 Å². The highest BCUT2D eigenvalue weighted by molar-refractivity contribution is 6.33. The quantitative estimate of drug-likeness (QED) is 0.604. The summed E-state index contributed by atoms with van der Waals surface area (Å²) in [5.41, 5.74) is 9.73. The maximum Gasteiger partial charge on any atom is 0.215 e. The molecule has 0 amide bonds. The lowest BCUT2D eigenvalue weighted by Crippen LogP contribution is -2.02. The Labute approximate surface area is 142 Å². The molecule has 2 N–H and O–H groups in total. The Morgan fingerprint density at radius 1 is 1.08 bits per heavy atom. The lowest BCUT2D eigenvalue weighted by atomic mass is 10.2. The van der Waals surface area contributed by atoms with Crippen LogP contribution in [0.25, 0.3) is 28.1 Å². The molecule has 4 aromatic rings. The lowest BCUT2D eigenvalue weighted by Gasteiger charge is -2.09. The standard InChI is InChI=1S/C17H14ClN5O/c1-9-14-15(19)21-12-7-8-13(24-2)22-17(12)23(14)16(20-9)10-5-3-4-6-11(10)18/h3-8H,1-2H3,(H2,19,21). The molecule has 0 aliphatic heterocycles. The summed E-state index contributed by atoms with van der Waals surface area (Å²) >= 11 is 6.37. The number of ether oxygens (including phenoxy) is 1. The Morgan fingerprint density at radius 2 is 1.88 bits per heavy atom. The van der Waals surface area contributed by atoms with Crippen LogP contribution < -0.4 is 10.5 Å². The number of aryl methyl sites for hydroxylation is 1. The molecule has 24 heavy (non-hydrogen) atoms. The summed E-state index contributed by atoms with van der Waals surface area (Å²) < 4.78 is 7.13. The molecule has 0 radical (unpaired) electrons. The van der Waals surface area contributed by atoms with Crippen LogP contribution in [0.1, 0.15) is 5.69 Å². The van der Waals surface area contributed by atoms with Crippen molar-refractivity contribution < 1.29 is 4.74 Å². The summed E-state index contributed by atoms with van der Waals surface area (Å²) in [6.07, 6.45) is 0. The summed E-state index contributed by atoms with van der Waals surface area (Å²) in [5, 5.41) is 0.607. The number of fused-ring (bicyclic) bond motifs is 3. The van der Waals surface area contributed by atoms with Gasteiger partial charge in [0.1, 0.15) is 16.9 Å². The van der Waals surface area contributed by atoms with Crippen LogP contribution in [0.4, 0.5) is 5.82 Å². The largest absolute Gasteiger partial charge is 0.481 e. The van der Waals surface area contributed by atoms with Crippen molar-refractivity contribution in [3.8, 4) is 17.3 Å². The number of halogens is 1. The zero-order chi connectivity index (χ0) is 16.8. The average Bonchev–Trinajstić information content (AvgIpc) is 2.93. The number of nitrogen functional groups attached to an aromatic ring is 1. The van der Waals surface area contributed by atoms with Gasteiger partial charge in [0.15, 0.2) is 11.5 Å². The summed E-state index contributed by atoms with van der Waals surface area (Å²) in [5.74, 6) is 1.57. The van der Waals surface area contributed by atoms with E-state index in [2.05, 4.69) is 15.0 Å². The van der Waals surface area contributed by atoms with E-state index in [1.807, 2.05) is 41.7 Å². The second kappa shape index (κ2) is 5.35. The third-order valence-corrected chi connectivity index (χ3v) is 4.23. The number of imidazole rings is 1. The molecule has 0 spiro atoms. The third kappa shape index (κ3) is 2.07. The van der Waals surface area contributed by atoms with Crippen LogP contribution in [0.2, 0.25) is 5.02 Å². The van der Waals surface area contributed by atoms with Gasteiger partial charge in [-0.05, 0) is 25.1 Å². The molecule has 0 aliphatic carbocycles. The van der Waals surface area contributed by atoms with E-state index in [9.17, 15) is 0 Å². The van der Waals surface area contributed by atoms with Gasteiger partial charge in [0.25, 0.3) is 0 Å². The first-order valence-corrected chi connectivity index (χ1v) is 7.72. The Balaban J connectivity index is 2.21. The molecule has 6 nitrogen and oxygen atoms in total. The first-order chi connectivity index (χ1) is 11.6. The second-order valence-corrected chi connectivity index (χ2v) is 5.79. The normalized spacial score (nSPS) is 11.3. The van der Waals surface area contributed by atoms with Gasteiger partial charge in [-0.3, -0.25) is 4.40 Å². The Morgan fingerprint density at radius 3 is 2.62 bits per heavy atom. The van der Waals surface area contributed by atoms with Crippen LogP contribution in [-0.2, 0) is 0 Å². The first kappa shape index (κ1) is 14.7.